The minimum Gasteiger partial charge on any atom is -0.382 e. The van der Waals surface area contributed by atoms with E-state index >= 15 is 0 Å². The summed E-state index contributed by atoms with van der Waals surface area (Å²) in [5.41, 5.74) is 5.40. The molecule has 0 aliphatic rings. The van der Waals surface area contributed by atoms with Crippen LogP contribution in [0, 0.1) is 0 Å². The smallest absolute Gasteiger partial charge is 0.242 e. The summed E-state index contributed by atoms with van der Waals surface area (Å²) in [6.07, 6.45) is 0.917. The Morgan fingerprint density at radius 2 is 2.25 bits per heavy atom. The van der Waals surface area contributed by atoms with Crippen molar-refractivity contribution in [3.05, 3.63) is 12.1 Å². The van der Waals surface area contributed by atoms with Gasteiger partial charge < -0.3 is 16.4 Å². The zero-order chi connectivity index (χ0) is 12.0. The van der Waals surface area contributed by atoms with Crippen LogP contribution in [-0.2, 0) is 4.79 Å². The number of nitrogens with two attached hydrogens (primary N) is 1. The third-order valence-electron chi connectivity index (χ3n) is 1.99. The molecule has 1 aromatic rings. The molecule has 0 fully saturated rings. The Kier molecular flexibility index (Phi) is 4.50. The van der Waals surface area contributed by atoms with Gasteiger partial charge in [0.25, 0.3) is 0 Å². The Bertz CT molecular complexity index is 338. The van der Waals surface area contributed by atoms with Gasteiger partial charge in [0.2, 0.25) is 5.91 Å². The van der Waals surface area contributed by atoms with Gasteiger partial charge in [-0.3, -0.25) is 4.79 Å². The highest BCUT2D eigenvalue weighted by Crippen LogP contribution is 2.04. The fraction of sp³-hybridized carbons (Fsp3) is 0.500. The predicted octanol–water partition coefficient (Wildman–Crippen LogP) is 0.385. The van der Waals surface area contributed by atoms with Crippen LogP contribution in [0.15, 0.2) is 12.1 Å². The lowest BCUT2D eigenvalue weighted by atomic mass is 10.3. The molecule has 0 spiro atoms. The maximum absolute atomic E-state index is 11.5. The fourth-order valence-electron chi connectivity index (χ4n) is 1.11. The van der Waals surface area contributed by atoms with Crippen LogP contribution in [0.3, 0.4) is 0 Å². The molecule has 0 aliphatic heterocycles. The maximum Gasteiger partial charge on any atom is 0.242 e. The molecule has 0 radical (unpaired) electrons. The van der Waals surface area contributed by atoms with Crippen LogP contribution < -0.4 is 16.4 Å². The summed E-state index contributed by atoms with van der Waals surface area (Å²) in [5, 5.41) is 13.2. The van der Waals surface area contributed by atoms with Gasteiger partial charge in [-0.15, -0.1) is 10.2 Å². The lowest BCUT2D eigenvalue weighted by Gasteiger charge is -2.13. The molecule has 0 aliphatic carbocycles. The molecule has 1 atom stereocenters. The van der Waals surface area contributed by atoms with Crippen molar-refractivity contribution in [3.63, 3.8) is 0 Å². The minimum atomic E-state index is -0.343. The van der Waals surface area contributed by atoms with Gasteiger partial charge in [-0.2, -0.15) is 0 Å². The number of hydrogen-bond donors (Lipinski definition) is 3. The molecular weight excluding hydrogens is 206 g/mol. The van der Waals surface area contributed by atoms with E-state index in [2.05, 4.69) is 20.8 Å². The van der Waals surface area contributed by atoms with E-state index in [4.69, 9.17) is 5.73 Å². The largest absolute Gasteiger partial charge is 0.382 e. The second kappa shape index (κ2) is 5.89. The van der Waals surface area contributed by atoms with Crippen molar-refractivity contribution in [2.24, 2.45) is 0 Å². The highest BCUT2D eigenvalue weighted by Gasteiger charge is 2.11. The molecule has 6 nitrogen and oxygen atoms in total. The van der Waals surface area contributed by atoms with Crippen molar-refractivity contribution in [2.45, 2.75) is 26.3 Å². The van der Waals surface area contributed by atoms with E-state index in [1.807, 2.05) is 6.92 Å². The van der Waals surface area contributed by atoms with Crippen LogP contribution in [0.1, 0.15) is 20.3 Å². The number of nitrogen functional groups attached to an aromatic ring is 1. The lowest BCUT2D eigenvalue weighted by Crippen LogP contribution is -2.38. The third kappa shape index (κ3) is 3.72. The molecule has 1 aromatic heterocycles. The number of carbonyl (C=O) groups excluding carboxylic acids is 1. The van der Waals surface area contributed by atoms with Crippen molar-refractivity contribution < 1.29 is 4.79 Å². The summed E-state index contributed by atoms with van der Waals surface area (Å²) in [7, 11) is 0. The number of rotatable bonds is 5. The van der Waals surface area contributed by atoms with E-state index in [0.29, 0.717) is 18.2 Å². The second-order valence-corrected chi connectivity index (χ2v) is 3.50. The Labute approximate surface area is 94.6 Å². The summed E-state index contributed by atoms with van der Waals surface area (Å²) in [4.78, 5) is 11.5. The van der Waals surface area contributed by atoms with Crippen LogP contribution >= 0.6 is 0 Å². The lowest BCUT2D eigenvalue weighted by molar-refractivity contribution is -0.121. The number of hydrogen-bond acceptors (Lipinski definition) is 5. The van der Waals surface area contributed by atoms with Crippen molar-refractivity contribution in [1.29, 1.82) is 0 Å². The summed E-state index contributed by atoms with van der Waals surface area (Å²) < 4.78 is 0. The molecule has 4 N–H and O–H groups in total. The van der Waals surface area contributed by atoms with E-state index in [1.165, 1.54) is 0 Å². The van der Waals surface area contributed by atoms with Gasteiger partial charge in [0.05, 0.1) is 0 Å². The SMILES string of the molecule is CCCNC(=O)C(C)Nc1ccc(N)nn1. The van der Waals surface area contributed by atoms with Crippen LogP contribution in [0.4, 0.5) is 11.6 Å². The Morgan fingerprint density at radius 1 is 1.50 bits per heavy atom. The second-order valence-electron chi connectivity index (χ2n) is 3.50. The molecule has 1 heterocycles. The third-order valence-corrected chi connectivity index (χ3v) is 1.99. The summed E-state index contributed by atoms with van der Waals surface area (Å²) in [5.74, 6) is 0.836. The molecule has 1 unspecified atom stereocenters. The molecule has 6 heteroatoms. The van der Waals surface area contributed by atoms with Crippen LogP contribution in [0.5, 0.6) is 0 Å². The molecule has 0 bridgehead atoms. The molecule has 0 saturated carbocycles. The Balaban J connectivity index is 2.47. The topological polar surface area (TPSA) is 92.9 Å². The zero-order valence-corrected chi connectivity index (χ0v) is 9.53. The van der Waals surface area contributed by atoms with Gasteiger partial charge in [-0.1, -0.05) is 6.92 Å². The Hall–Kier alpha value is -1.85. The van der Waals surface area contributed by atoms with Crippen molar-refractivity contribution in [2.75, 3.05) is 17.6 Å². The first-order valence-electron chi connectivity index (χ1n) is 5.27. The number of aromatic nitrogens is 2. The highest BCUT2D eigenvalue weighted by atomic mass is 16.2. The van der Waals surface area contributed by atoms with Gasteiger partial charge in [-0.05, 0) is 25.5 Å². The van der Waals surface area contributed by atoms with E-state index in [-0.39, 0.29) is 11.9 Å². The quantitative estimate of drug-likeness (QED) is 0.671. The van der Waals surface area contributed by atoms with Gasteiger partial charge in [0, 0.05) is 6.54 Å². The molecule has 1 rings (SSSR count). The predicted molar refractivity (Wildman–Crippen MR) is 62.8 cm³/mol. The monoisotopic (exact) mass is 223 g/mol. The highest BCUT2D eigenvalue weighted by molar-refractivity contribution is 5.83. The van der Waals surface area contributed by atoms with Crippen molar-refractivity contribution in [3.8, 4) is 0 Å². The van der Waals surface area contributed by atoms with Crippen molar-refractivity contribution in [1.82, 2.24) is 15.5 Å². The minimum absolute atomic E-state index is 0.0551. The standard InChI is InChI=1S/C10H17N5O/c1-3-6-12-10(16)7(2)13-9-5-4-8(11)14-15-9/h4-5,7H,3,6H2,1-2H3,(H2,11,14)(H,12,16)(H,13,15). The first-order valence-corrected chi connectivity index (χ1v) is 5.27. The van der Waals surface area contributed by atoms with Crippen LogP contribution in [0.2, 0.25) is 0 Å². The number of amides is 1. The first-order chi connectivity index (χ1) is 7.63. The van der Waals surface area contributed by atoms with E-state index in [9.17, 15) is 4.79 Å². The normalized spacial score (nSPS) is 11.9. The zero-order valence-electron chi connectivity index (χ0n) is 9.53. The number of anilines is 2. The van der Waals surface area contributed by atoms with Gasteiger partial charge in [0.1, 0.15) is 17.7 Å². The average molecular weight is 223 g/mol. The van der Waals surface area contributed by atoms with Gasteiger partial charge >= 0.3 is 0 Å². The molecule has 0 aromatic carbocycles. The van der Waals surface area contributed by atoms with Crippen LogP contribution in [0.25, 0.3) is 0 Å². The van der Waals surface area contributed by atoms with Gasteiger partial charge in [0.15, 0.2) is 0 Å². The summed E-state index contributed by atoms with van der Waals surface area (Å²) in [6.45, 7) is 4.45. The molecule has 16 heavy (non-hydrogen) atoms. The molecular formula is C10H17N5O. The van der Waals surface area contributed by atoms with Crippen molar-refractivity contribution >= 4 is 17.5 Å². The fourth-order valence-corrected chi connectivity index (χ4v) is 1.11. The Morgan fingerprint density at radius 3 is 2.81 bits per heavy atom. The number of nitrogens with one attached hydrogen (secondary N) is 2. The van der Waals surface area contributed by atoms with E-state index in [0.717, 1.165) is 6.42 Å². The van der Waals surface area contributed by atoms with E-state index in [1.54, 1.807) is 19.1 Å². The molecule has 0 saturated heterocycles. The van der Waals surface area contributed by atoms with E-state index < -0.39 is 0 Å². The van der Waals surface area contributed by atoms with Gasteiger partial charge in [-0.25, -0.2) is 0 Å². The average Bonchev–Trinajstić information content (AvgIpc) is 2.29. The van der Waals surface area contributed by atoms with Crippen LogP contribution in [-0.4, -0.2) is 28.7 Å². The number of carbonyl (C=O) groups is 1. The summed E-state index contributed by atoms with van der Waals surface area (Å²) >= 11 is 0. The molecule has 1 amide bonds. The molecule has 88 valence electrons. The maximum atomic E-state index is 11.5. The summed E-state index contributed by atoms with van der Waals surface area (Å²) in [6, 6.07) is 2.97. The number of nitrogens with zero attached hydrogens (tertiary/aromatic N) is 2. The first kappa shape index (κ1) is 12.2.